The molecule has 58 valence electrons. The summed E-state index contributed by atoms with van der Waals surface area (Å²) in [6.45, 7) is 0. The van der Waals surface area contributed by atoms with E-state index in [1.54, 1.807) is 23.9 Å². The summed E-state index contributed by atoms with van der Waals surface area (Å²) in [5.41, 5.74) is 0.468. The van der Waals surface area contributed by atoms with E-state index in [9.17, 15) is 5.11 Å². The van der Waals surface area contributed by atoms with Crippen LogP contribution >= 0.6 is 0 Å². The van der Waals surface area contributed by atoms with E-state index in [4.69, 9.17) is 5.21 Å². The highest BCUT2D eigenvalue weighted by Gasteiger charge is 2.08. The van der Waals surface area contributed by atoms with Crippen molar-refractivity contribution < 1.29 is 14.9 Å². The quantitative estimate of drug-likeness (QED) is 0.259. The van der Waals surface area contributed by atoms with E-state index in [1.165, 1.54) is 12.3 Å². The van der Waals surface area contributed by atoms with Crippen molar-refractivity contribution >= 4 is 6.21 Å². The SMILES string of the molecule is C[n+]1cccc(O)c1C=NO. The minimum absolute atomic E-state index is 0.0906. The fourth-order valence-electron chi connectivity index (χ4n) is 0.822. The van der Waals surface area contributed by atoms with Crippen LogP contribution in [0, 0.1) is 0 Å². The molecule has 4 heteroatoms. The lowest BCUT2D eigenvalue weighted by atomic mass is 10.3. The predicted octanol–water partition coefficient (Wildman–Crippen LogP) is 0.0248. The van der Waals surface area contributed by atoms with Gasteiger partial charge in [0.2, 0.25) is 0 Å². The largest absolute Gasteiger partial charge is 0.502 e. The van der Waals surface area contributed by atoms with E-state index in [0.29, 0.717) is 5.69 Å². The topological polar surface area (TPSA) is 56.7 Å². The van der Waals surface area contributed by atoms with E-state index in [1.807, 2.05) is 0 Å². The first-order chi connectivity index (χ1) is 5.25. The Kier molecular flexibility index (Phi) is 2.06. The van der Waals surface area contributed by atoms with E-state index < -0.39 is 0 Å². The molecule has 0 aliphatic rings. The molecule has 0 bridgehead atoms. The van der Waals surface area contributed by atoms with Crippen molar-refractivity contribution in [2.45, 2.75) is 0 Å². The van der Waals surface area contributed by atoms with Gasteiger partial charge >= 0.3 is 0 Å². The van der Waals surface area contributed by atoms with Gasteiger partial charge in [-0.3, -0.25) is 0 Å². The minimum atomic E-state index is 0.0906. The number of rotatable bonds is 1. The van der Waals surface area contributed by atoms with Crippen molar-refractivity contribution in [3.63, 3.8) is 0 Å². The summed E-state index contributed by atoms with van der Waals surface area (Å²) in [7, 11) is 1.75. The molecule has 0 saturated heterocycles. The number of aromatic nitrogens is 1. The third kappa shape index (κ3) is 1.46. The normalized spacial score (nSPS) is 10.6. The monoisotopic (exact) mass is 153 g/mol. The summed E-state index contributed by atoms with van der Waals surface area (Å²) >= 11 is 0. The van der Waals surface area contributed by atoms with Crippen LogP contribution in [0.25, 0.3) is 0 Å². The Bertz CT molecular complexity index is 264. The van der Waals surface area contributed by atoms with Gasteiger partial charge in [0, 0.05) is 6.07 Å². The van der Waals surface area contributed by atoms with Crippen molar-refractivity contribution in [3.05, 3.63) is 24.0 Å². The van der Waals surface area contributed by atoms with Crippen LogP contribution in [0.2, 0.25) is 0 Å². The third-order valence-electron chi connectivity index (χ3n) is 1.39. The number of aryl methyl sites for hydroxylation is 1. The highest BCUT2D eigenvalue weighted by molar-refractivity contribution is 5.77. The Hall–Kier alpha value is -1.58. The molecule has 0 aliphatic heterocycles. The second kappa shape index (κ2) is 3.01. The first kappa shape index (κ1) is 7.53. The third-order valence-corrected chi connectivity index (χ3v) is 1.39. The number of oxime groups is 1. The van der Waals surface area contributed by atoms with Gasteiger partial charge in [0.15, 0.2) is 11.9 Å². The highest BCUT2D eigenvalue weighted by atomic mass is 16.4. The molecule has 0 spiro atoms. The second-order valence-electron chi connectivity index (χ2n) is 2.13. The number of hydrogen-bond donors (Lipinski definition) is 2. The molecule has 0 aliphatic carbocycles. The molecule has 1 aromatic heterocycles. The summed E-state index contributed by atoms with van der Waals surface area (Å²) in [4.78, 5) is 0. The van der Waals surface area contributed by atoms with E-state index in [0.717, 1.165) is 0 Å². The lowest BCUT2D eigenvalue weighted by molar-refractivity contribution is -0.672. The molecular weight excluding hydrogens is 144 g/mol. The molecule has 4 nitrogen and oxygen atoms in total. The standard InChI is InChI=1S/C7H8N2O2/c1-9-4-2-3-7(10)6(9)5-8-11/h2-5,10H,1H3/p+1. The average Bonchev–Trinajstić information content (AvgIpc) is 1.97. The van der Waals surface area contributed by atoms with Crippen LogP contribution in [0.4, 0.5) is 0 Å². The first-order valence-corrected chi connectivity index (χ1v) is 3.10. The lowest BCUT2D eigenvalue weighted by Crippen LogP contribution is -2.32. The summed E-state index contributed by atoms with van der Waals surface area (Å²) in [6.07, 6.45) is 2.92. The zero-order valence-corrected chi connectivity index (χ0v) is 6.10. The number of hydrogen-bond acceptors (Lipinski definition) is 3. The van der Waals surface area contributed by atoms with E-state index in [-0.39, 0.29) is 5.75 Å². The molecule has 0 radical (unpaired) electrons. The van der Waals surface area contributed by atoms with Crippen LogP contribution in [-0.4, -0.2) is 16.5 Å². The number of nitrogens with zero attached hydrogens (tertiary/aromatic N) is 2. The molecule has 1 rings (SSSR count). The van der Waals surface area contributed by atoms with Crippen molar-refractivity contribution in [2.75, 3.05) is 0 Å². The van der Waals surface area contributed by atoms with Crippen LogP contribution in [0.5, 0.6) is 5.75 Å². The molecule has 0 atom stereocenters. The Morgan fingerprint density at radius 3 is 2.91 bits per heavy atom. The van der Waals surface area contributed by atoms with Gasteiger partial charge in [0.25, 0.3) is 5.69 Å². The molecule has 0 amide bonds. The van der Waals surface area contributed by atoms with Crippen LogP contribution in [0.3, 0.4) is 0 Å². The van der Waals surface area contributed by atoms with Crippen LogP contribution in [0.15, 0.2) is 23.5 Å². The second-order valence-corrected chi connectivity index (χ2v) is 2.13. The fourth-order valence-corrected chi connectivity index (χ4v) is 0.822. The van der Waals surface area contributed by atoms with Crippen molar-refractivity contribution in [1.82, 2.24) is 0 Å². The summed E-state index contributed by atoms with van der Waals surface area (Å²) in [6, 6.07) is 3.22. The van der Waals surface area contributed by atoms with Crippen LogP contribution in [0.1, 0.15) is 5.69 Å². The molecule has 0 saturated carbocycles. The first-order valence-electron chi connectivity index (χ1n) is 3.10. The minimum Gasteiger partial charge on any atom is -0.502 e. The number of pyridine rings is 1. The fraction of sp³-hybridized carbons (Fsp3) is 0.143. The van der Waals surface area contributed by atoms with E-state index >= 15 is 0 Å². The molecule has 11 heavy (non-hydrogen) atoms. The predicted molar refractivity (Wildman–Crippen MR) is 38.7 cm³/mol. The number of aromatic hydroxyl groups is 1. The van der Waals surface area contributed by atoms with Crippen molar-refractivity contribution in [1.29, 1.82) is 0 Å². The summed E-state index contributed by atoms with van der Waals surface area (Å²) in [5, 5.41) is 20.2. The maximum Gasteiger partial charge on any atom is 0.268 e. The van der Waals surface area contributed by atoms with Gasteiger partial charge in [0.1, 0.15) is 13.3 Å². The van der Waals surface area contributed by atoms with Gasteiger partial charge < -0.3 is 10.3 Å². The van der Waals surface area contributed by atoms with Crippen LogP contribution < -0.4 is 4.57 Å². The zero-order chi connectivity index (χ0) is 8.27. The highest BCUT2D eigenvalue weighted by Crippen LogP contribution is 2.07. The van der Waals surface area contributed by atoms with Gasteiger partial charge in [-0.2, -0.15) is 4.57 Å². The Morgan fingerprint density at radius 1 is 1.64 bits per heavy atom. The molecule has 1 heterocycles. The smallest absolute Gasteiger partial charge is 0.268 e. The van der Waals surface area contributed by atoms with Gasteiger partial charge in [-0.15, -0.1) is 0 Å². The Morgan fingerprint density at radius 2 is 2.36 bits per heavy atom. The summed E-state index contributed by atoms with van der Waals surface area (Å²) in [5.74, 6) is 0.0906. The maximum absolute atomic E-state index is 9.20. The molecule has 0 fully saturated rings. The summed E-state index contributed by atoms with van der Waals surface area (Å²) < 4.78 is 1.65. The molecular formula is C7H9N2O2+. The Labute approximate surface area is 64.0 Å². The van der Waals surface area contributed by atoms with E-state index in [2.05, 4.69) is 5.16 Å². The van der Waals surface area contributed by atoms with Gasteiger partial charge in [-0.05, 0) is 6.07 Å². The molecule has 2 N–H and O–H groups in total. The van der Waals surface area contributed by atoms with Gasteiger partial charge in [0.05, 0.1) is 0 Å². The maximum atomic E-state index is 9.20. The zero-order valence-electron chi connectivity index (χ0n) is 6.10. The lowest BCUT2D eigenvalue weighted by Gasteiger charge is -1.93. The molecule has 0 unspecified atom stereocenters. The molecule has 1 aromatic rings. The Balaban J connectivity index is 3.20. The molecule has 0 aromatic carbocycles. The van der Waals surface area contributed by atoms with Crippen LogP contribution in [-0.2, 0) is 7.05 Å². The van der Waals surface area contributed by atoms with Crippen molar-refractivity contribution in [2.24, 2.45) is 12.2 Å². The van der Waals surface area contributed by atoms with Gasteiger partial charge in [-0.25, -0.2) is 0 Å². The average molecular weight is 153 g/mol. The van der Waals surface area contributed by atoms with Crippen molar-refractivity contribution in [3.8, 4) is 5.75 Å². The van der Waals surface area contributed by atoms with Gasteiger partial charge in [-0.1, -0.05) is 5.16 Å².